The van der Waals surface area contributed by atoms with Gasteiger partial charge in [-0.25, -0.2) is 4.79 Å². The van der Waals surface area contributed by atoms with Crippen molar-refractivity contribution in [3.05, 3.63) is 22.9 Å². The van der Waals surface area contributed by atoms with Crippen molar-refractivity contribution in [2.24, 2.45) is 5.73 Å². The van der Waals surface area contributed by atoms with Gasteiger partial charge in [0.15, 0.2) is 0 Å². The topological polar surface area (TPSA) is 113 Å². The van der Waals surface area contributed by atoms with Crippen LogP contribution in [0.5, 0.6) is 0 Å². The summed E-state index contributed by atoms with van der Waals surface area (Å²) in [6.07, 6.45) is 2.16. The molecule has 8 heteroatoms. The summed E-state index contributed by atoms with van der Waals surface area (Å²) >= 11 is 1.42. The minimum Gasteiger partial charge on any atom is -0.477 e. The number of hydrogen-bond acceptors (Lipinski definition) is 5. The summed E-state index contributed by atoms with van der Waals surface area (Å²) in [7, 11) is 0. The van der Waals surface area contributed by atoms with Gasteiger partial charge >= 0.3 is 5.97 Å². The van der Waals surface area contributed by atoms with Gasteiger partial charge in [-0.1, -0.05) is 0 Å². The lowest BCUT2D eigenvalue weighted by Gasteiger charge is -2.47. The number of β-lactam (4-membered cyclic amide) rings is 1. The van der Waals surface area contributed by atoms with Gasteiger partial charge in [-0.05, 0) is 18.1 Å². The zero-order valence-electron chi connectivity index (χ0n) is 10.5. The van der Waals surface area contributed by atoms with Crippen molar-refractivity contribution in [3.8, 4) is 0 Å². The predicted octanol–water partition coefficient (Wildman–Crippen LogP) is -0.986. The molecule has 0 aromatic rings. The largest absolute Gasteiger partial charge is 0.477 e. The maximum absolute atomic E-state index is 11.7. The average Bonchev–Trinajstić information content (AvgIpc) is 2.82. The lowest BCUT2D eigenvalue weighted by atomic mass is 10.0. The highest BCUT2D eigenvalue weighted by atomic mass is 32.2. The number of carbonyl (C=O) groups is 3. The highest BCUT2D eigenvalue weighted by molar-refractivity contribution is 8.00. The number of aliphatic carboxylic acids is 1. The van der Waals surface area contributed by atoms with E-state index < -0.39 is 12.0 Å². The maximum atomic E-state index is 11.7. The zero-order chi connectivity index (χ0) is 14.4. The summed E-state index contributed by atoms with van der Waals surface area (Å²) in [5.41, 5.74) is 6.66. The van der Waals surface area contributed by atoms with Crippen molar-refractivity contribution < 1.29 is 19.5 Å². The average molecular weight is 295 g/mol. The molecule has 0 aliphatic carbocycles. The SMILES string of the molecule is NC1C(=O)N2C(C(=O)O)=C(/C=C3\CCNC3=O)CSC12. The van der Waals surface area contributed by atoms with Crippen LogP contribution in [0.4, 0.5) is 0 Å². The number of nitrogens with zero attached hydrogens (tertiary/aromatic N) is 1. The highest BCUT2D eigenvalue weighted by Gasteiger charge is 2.51. The van der Waals surface area contributed by atoms with Gasteiger partial charge in [0.2, 0.25) is 11.8 Å². The second-order valence-corrected chi connectivity index (χ2v) is 5.90. The van der Waals surface area contributed by atoms with Gasteiger partial charge in [0, 0.05) is 17.9 Å². The molecule has 0 aromatic carbocycles. The van der Waals surface area contributed by atoms with Gasteiger partial charge in [0.05, 0.1) is 0 Å². The first kappa shape index (κ1) is 13.2. The van der Waals surface area contributed by atoms with Crippen molar-refractivity contribution in [3.63, 3.8) is 0 Å². The van der Waals surface area contributed by atoms with E-state index in [9.17, 15) is 19.5 Å². The monoisotopic (exact) mass is 295 g/mol. The third-order valence-electron chi connectivity index (χ3n) is 3.56. The first-order valence-electron chi connectivity index (χ1n) is 6.16. The number of nitrogens with two attached hydrogens (primary N) is 1. The van der Waals surface area contributed by atoms with E-state index in [1.165, 1.54) is 16.7 Å². The van der Waals surface area contributed by atoms with Gasteiger partial charge in [0.25, 0.3) is 0 Å². The molecule has 0 saturated carbocycles. The molecule has 3 heterocycles. The Bertz CT molecular complexity index is 583. The molecule has 2 fully saturated rings. The van der Waals surface area contributed by atoms with Gasteiger partial charge in [0.1, 0.15) is 17.1 Å². The Morgan fingerprint density at radius 1 is 1.50 bits per heavy atom. The number of carboxylic acids is 1. The second kappa shape index (κ2) is 4.64. The summed E-state index contributed by atoms with van der Waals surface area (Å²) in [6, 6.07) is -0.640. The first-order valence-corrected chi connectivity index (χ1v) is 7.21. The van der Waals surface area contributed by atoms with Crippen molar-refractivity contribution in [2.45, 2.75) is 17.8 Å². The van der Waals surface area contributed by atoms with Crippen LogP contribution in [0.25, 0.3) is 0 Å². The standard InChI is InChI=1S/C12H13N3O4S/c13-7-10(17)15-8(12(18)19)6(4-20-11(7)15)3-5-1-2-14-9(5)16/h3,7,11H,1-2,4,13H2,(H,14,16)(H,18,19)/b5-3+. The molecule has 7 nitrogen and oxygen atoms in total. The number of allylic oxidation sites excluding steroid dienone is 1. The quantitative estimate of drug-likeness (QED) is 0.445. The fourth-order valence-electron chi connectivity index (χ4n) is 2.54. The van der Waals surface area contributed by atoms with E-state index in [4.69, 9.17) is 5.73 Å². The van der Waals surface area contributed by atoms with Gasteiger partial charge in [-0.15, -0.1) is 11.8 Å². The van der Waals surface area contributed by atoms with Crippen molar-refractivity contribution in [1.82, 2.24) is 10.2 Å². The van der Waals surface area contributed by atoms with Crippen LogP contribution in [0.2, 0.25) is 0 Å². The molecule has 4 N–H and O–H groups in total. The van der Waals surface area contributed by atoms with E-state index in [1.807, 2.05) is 0 Å². The molecule has 2 atom stereocenters. The number of carboxylic acid groups (broad SMARTS) is 1. The molecule has 3 aliphatic rings. The van der Waals surface area contributed by atoms with Crippen LogP contribution in [0.3, 0.4) is 0 Å². The molecule has 0 spiro atoms. The van der Waals surface area contributed by atoms with Crippen molar-refractivity contribution in [2.75, 3.05) is 12.3 Å². The van der Waals surface area contributed by atoms with Gasteiger partial charge in [-0.2, -0.15) is 0 Å². The van der Waals surface area contributed by atoms with Crippen LogP contribution < -0.4 is 11.1 Å². The van der Waals surface area contributed by atoms with E-state index in [-0.39, 0.29) is 22.9 Å². The first-order chi connectivity index (χ1) is 9.50. The Balaban J connectivity index is 2.00. The number of amides is 2. The van der Waals surface area contributed by atoms with Crippen molar-refractivity contribution in [1.29, 1.82) is 0 Å². The smallest absolute Gasteiger partial charge is 0.352 e. The van der Waals surface area contributed by atoms with Crippen molar-refractivity contribution >= 4 is 29.5 Å². The van der Waals surface area contributed by atoms with Crippen LogP contribution >= 0.6 is 11.8 Å². The molecule has 0 radical (unpaired) electrons. The van der Waals surface area contributed by atoms with Crippen LogP contribution in [0.15, 0.2) is 22.9 Å². The number of carbonyl (C=O) groups excluding carboxylic acids is 2. The molecule has 2 amide bonds. The highest BCUT2D eigenvalue weighted by Crippen LogP contribution is 2.40. The number of hydrogen-bond donors (Lipinski definition) is 3. The van der Waals surface area contributed by atoms with Crippen LogP contribution in [0, 0.1) is 0 Å². The summed E-state index contributed by atoms with van der Waals surface area (Å²) < 4.78 is 0. The normalized spacial score (nSPS) is 31.2. The third-order valence-corrected chi connectivity index (χ3v) is 4.88. The predicted molar refractivity (Wildman–Crippen MR) is 71.4 cm³/mol. The Labute approximate surface area is 118 Å². The van der Waals surface area contributed by atoms with Gasteiger partial charge < -0.3 is 16.2 Å². The number of fused-ring (bicyclic) bond motifs is 1. The van der Waals surface area contributed by atoms with Gasteiger partial charge in [-0.3, -0.25) is 14.5 Å². The second-order valence-electron chi connectivity index (χ2n) is 4.79. The molecule has 0 aromatic heterocycles. The number of rotatable bonds is 2. The zero-order valence-corrected chi connectivity index (χ0v) is 11.3. The lowest BCUT2D eigenvalue weighted by molar-refractivity contribution is -0.147. The molecule has 3 aliphatic heterocycles. The minimum atomic E-state index is -1.17. The molecule has 3 rings (SSSR count). The van der Waals surface area contributed by atoms with E-state index in [2.05, 4.69) is 5.32 Å². The fraction of sp³-hybridized carbons (Fsp3) is 0.417. The Morgan fingerprint density at radius 3 is 2.85 bits per heavy atom. The molecule has 0 bridgehead atoms. The number of nitrogens with one attached hydrogen (secondary N) is 1. The minimum absolute atomic E-state index is 0.0485. The molecule has 106 valence electrons. The lowest BCUT2D eigenvalue weighted by Crippen LogP contribution is -2.68. The summed E-state index contributed by atoms with van der Waals surface area (Å²) in [5.74, 6) is -1.30. The molecular weight excluding hydrogens is 282 g/mol. The summed E-state index contributed by atoms with van der Waals surface area (Å²) in [4.78, 5) is 35.9. The number of thioether (sulfide) groups is 1. The van der Waals surface area contributed by atoms with E-state index >= 15 is 0 Å². The molecular formula is C12H13N3O4S. The molecule has 20 heavy (non-hydrogen) atoms. The maximum Gasteiger partial charge on any atom is 0.352 e. The van der Waals surface area contributed by atoms with Crippen LogP contribution in [-0.2, 0) is 14.4 Å². The van der Waals surface area contributed by atoms with E-state index in [0.717, 1.165) is 0 Å². The van der Waals surface area contributed by atoms with E-state index in [0.29, 0.717) is 29.9 Å². The molecule has 2 saturated heterocycles. The van der Waals surface area contributed by atoms with Crippen LogP contribution in [-0.4, -0.2) is 51.5 Å². The fourth-order valence-corrected chi connectivity index (χ4v) is 3.79. The summed E-state index contributed by atoms with van der Waals surface area (Å²) in [5, 5.41) is 11.7. The Morgan fingerprint density at radius 2 is 2.25 bits per heavy atom. The molecule has 2 unspecified atom stereocenters. The summed E-state index contributed by atoms with van der Waals surface area (Å²) in [6.45, 7) is 0.559. The Hall–Kier alpha value is -1.80. The Kier molecular flexibility index (Phi) is 3.06. The van der Waals surface area contributed by atoms with E-state index in [1.54, 1.807) is 6.08 Å². The van der Waals surface area contributed by atoms with Crippen LogP contribution in [0.1, 0.15) is 6.42 Å². The third kappa shape index (κ3) is 1.83.